The minimum atomic E-state index is -1.49. The van der Waals surface area contributed by atoms with E-state index in [0.29, 0.717) is 0 Å². The summed E-state index contributed by atoms with van der Waals surface area (Å²) in [6.45, 7) is 0. The highest BCUT2D eigenvalue weighted by molar-refractivity contribution is 3.81. The lowest BCUT2D eigenvalue weighted by Crippen LogP contribution is -3.58. The zero-order valence-corrected chi connectivity index (χ0v) is 5.07. The van der Waals surface area contributed by atoms with Crippen molar-refractivity contribution in [2.75, 3.05) is 0 Å². The molecule has 2 unspecified atom stereocenters. The van der Waals surface area contributed by atoms with E-state index < -0.39 is 15.5 Å². The van der Waals surface area contributed by atoms with Crippen molar-refractivity contribution >= 4 is 0 Å². The van der Waals surface area contributed by atoms with Crippen LogP contribution in [-0.4, -0.2) is 4.97 Å². The summed E-state index contributed by atoms with van der Waals surface area (Å²) >= 11 is 0. The zero-order valence-electron chi connectivity index (χ0n) is 5.07. The Morgan fingerprint density at radius 3 is 1.90 bits per heavy atom. The molecule has 10 nitrogen and oxygen atoms in total. The van der Waals surface area contributed by atoms with Gasteiger partial charge < -0.3 is 11.0 Å². The summed E-state index contributed by atoms with van der Waals surface area (Å²) in [5, 5.41) is 8.34. The molecule has 0 saturated heterocycles. The van der Waals surface area contributed by atoms with Crippen molar-refractivity contribution < 1.29 is 20.5 Å². The SMILES string of the molecule is [NH-][NH+](N)[NH+]([O-])O[N+](N)(N)N. The van der Waals surface area contributed by atoms with Crippen LogP contribution in [-0.2, 0) is 4.94 Å². The van der Waals surface area contributed by atoms with Crippen LogP contribution in [0.15, 0.2) is 0 Å². The molecule has 0 fully saturated rings. The molecule has 0 amide bonds. The van der Waals surface area contributed by atoms with Gasteiger partial charge in [0.1, 0.15) is 4.94 Å². The number of nitrogens with zero attached hydrogens (tertiary/aromatic N) is 1. The predicted molar refractivity (Wildman–Crippen MR) is 27.7 cm³/mol. The van der Waals surface area contributed by atoms with Crippen molar-refractivity contribution in [3.05, 3.63) is 11.0 Å². The monoisotopic (exact) mass is 155 g/mol. The van der Waals surface area contributed by atoms with Crippen LogP contribution in [0.1, 0.15) is 0 Å². The van der Waals surface area contributed by atoms with Crippen molar-refractivity contribution in [1.29, 1.82) is 0 Å². The highest BCUT2D eigenvalue weighted by atomic mass is 17.1. The topological polar surface area (TPSA) is 169 Å². The summed E-state index contributed by atoms with van der Waals surface area (Å²) in [5.74, 6) is 25.5. The van der Waals surface area contributed by atoms with E-state index in [-0.39, 0.29) is 0 Å². The number of nitrogens with two attached hydrogens (primary N) is 4. The van der Waals surface area contributed by atoms with Gasteiger partial charge in [-0.15, -0.1) is 28.6 Å². The summed E-state index contributed by atoms with van der Waals surface area (Å²) in [7, 11) is 0. The summed E-state index contributed by atoms with van der Waals surface area (Å²) in [5.41, 5.74) is 0. The molecule has 0 radical (unpaired) electrons. The van der Waals surface area contributed by atoms with E-state index in [1.54, 1.807) is 0 Å². The van der Waals surface area contributed by atoms with Gasteiger partial charge in [-0.1, -0.05) is 0 Å². The Bertz CT molecular complexity index is 91.9. The van der Waals surface area contributed by atoms with Crippen molar-refractivity contribution in [2.45, 2.75) is 0 Å². The number of hydrogen-bond donors (Lipinski definition) is 6. The smallest absolute Gasteiger partial charge is 0.110 e. The largest absolute Gasteiger partial charge is 0.544 e. The van der Waals surface area contributed by atoms with Gasteiger partial charge in [-0.05, 0) is 5.34 Å². The van der Waals surface area contributed by atoms with Crippen LogP contribution in [0.3, 0.4) is 0 Å². The average Bonchev–Trinajstić information content (AvgIpc) is 1.60. The van der Waals surface area contributed by atoms with E-state index in [1.165, 1.54) is 0 Å². The number of rotatable bonds is 3. The third-order valence-corrected chi connectivity index (χ3v) is 0.461. The molecule has 10 heteroatoms. The molecule has 0 aliphatic rings. The fourth-order valence-corrected chi connectivity index (χ4v) is 0.193. The molecule has 0 aromatic carbocycles. The second-order valence-electron chi connectivity index (χ2n) is 1.56. The first kappa shape index (κ1) is 9.60. The van der Waals surface area contributed by atoms with Gasteiger partial charge in [0.25, 0.3) is 0 Å². The standard InChI is InChI=1S/H11N8O2/c1-6(2)7(9)10-8(3,4)5/h1,6-7H,2-5H2/q+1. The molecule has 0 rings (SSSR count). The third kappa shape index (κ3) is 4.48. The predicted octanol–water partition coefficient (Wildman–Crippen LogP) is -5.71. The molecule has 0 aliphatic heterocycles. The van der Waals surface area contributed by atoms with Gasteiger partial charge in [0, 0.05) is 0 Å². The second kappa shape index (κ2) is 3.13. The van der Waals surface area contributed by atoms with Crippen molar-refractivity contribution in [3.63, 3.8) is 0 Å². The van der Waals surface area contributed by atoms with Crippen LogP contribution in [0.4, 0.5) is 0 Å². The third-order valence-electron chi connectivity index (χ3n) is 0.461. The summed E-state index contributed by atoms with van der Waals surface area (Å²) in [4.78, 5) is 2.49. The first-order chi connectivity index (χ1) is 4.33. The minimum absolute atomic E-state index is 0.816. The second-order valence-corrected chi connectivity index (χ2v) is 1.56. The zero-order chi connectivity index (χ0) is 8.36. The average molecular weight is 155 g/mol. The maximum atomic E-state index is 10.3. The van der Waals surface area contributed by atoms with E-state index in [9.17, 15) is 5.21 Å². The Kier molecular flexibility index (Phi) is 3.00. The maximum absolute atomic E-state index is 10.3. The first-order valence-corrected chi connectivity index (χ1v) is 2.15. The summed E-state index contributed by atoms with van der Waals surface area (Å²) in [6, 6.07) is 0. The Morgan fingerprint density at radius 2 is 1.80 bits per heavy atom. The van der Waals surface area contributed by atoms with Gasteiger partial charge in [0.15, 0.2) is 0 Å². The normalized spacial score (nSPS) is 18.6. The van der Waals surface area contributed by atoms with Crippen molar-refractivity contribution in [1.82, 2.24) is 0 Å². The van der Waals surface area contributed by atoms with Crippen LogP contribution < -0.4 is 33.9 Å². The molecular weight excluding hydrogens is 144 g/mol. The molecule has 0 aromatic rings. The number of quaternary nitrogens is 3. The van der Waals surface area contributed by atoms with E-state index in [1.807, 2.05) is 0 Å². The van der Waals surface area contributed by atoms with Crippen LogP contribution in [0.2, 0.25) is 0 Å². The Morgan fingerprint density at radius 1 is 1.40 bits per heavy atom. The molecule has 0 heterocycles. The molecule has 0 aliphatic carbocycles. The molecule has 0 bridgehead atoms. The van der Waals surface area contributed by atoms with Crippen LogP contribution >= 0.6 is 0 Å². The number of nitrogens with one attached hydrogen (secondary N) is 3. The minimum Gasteiger partial charge on any atom is -0.544 e. The molecule has 0 spiro atoms. The van der Waals surface area contributed by atoms with Crippen molar-refractivity contribution in [2.24, 2.45) is 23.4 Å². The Balaban J connectivity index is 3.68. The Labute approximate surface area is 56.2 Å². The molecule has 10 heavy (non-hydrogen) atoms. The fourth-order valence-electron chi connectivity index (χ4n) is 0.193. The molecule has 0 saturated carbocycles. The van der Waals surface area contributed by atoms with Gasteiger partial charge in [0.05, 0.1) is 4.97 Å². The van der Waals surface area contributed by atoms with Crippen molar-refractivity contribution in [3.8, 4) is 0 Å². The molecule has 2 atom stereocenters. The fraction of sp³-hybridized carbons (Fsp3) is 0. The van der Waals surface area contributed by atoms with Gasteiger partial charge in [-0.25, -0.2) is 0 Å². The first-order valence-electron chi connectivity index (χ1n) is 2.15. The maximum Gasteiger partial charge on any atom is 0.110 e. The lowest BCUT2D eigenvalue weighted by Gasteiger charge is -2.25. The molecule has 11 N–H and O–H groups in total. The van der Waals surface area contributed by atoms with Gasteiger partial charge in [-0.2, -0.15) is 0 Å². The van der Waals surface area contributed by atoms with Crippen LogP contribution in [0, 0.1) is 5.21 Å². The van der Waals surface area contributed by atoms with Crippen LogP contribution in [0.25, 0.3) is 5.84 Å². The quantitative estimate of drug-likeness (QED) is 0.135. The van der Waals surface area contributed by atoms with E-state index in [4.69, 9.17) is 23.4 Å². The molecule has 62 valence electrons. The highest BCUT2D eigenvalue weighted by Gasteiger charge is 2.20. The van der Waals surface area contributed by atoms with E-state index in [0.717, 1.165) is 0 Å². The molecular formula is H11N8O2+. The van der Waals surface area contributed by atoms with Gasteiger partial charge >= 0.3 is 0 Å². The molecule has 0 aromatic heterocycles. The summed E-state index contributed by atoms with van der Waals surface area (Å²) in [6.07, 6.45) is 0. The van der Waals surface area contributed by atoms with E-state index in [2.05, 4.69) is 10.8 Å². The van der Waals surface area contributed by atoms with E-state index >= 15 is 0 Å². The van der Waals surface area contributed by atoms with Gasteiger partial charge in [-0.3, -0.25) is 0 Å². The lowest BCUT2D eigenvalue weighted by molar-refractivity contribution is -1.62. The van der Waals surface area contributed by atoms with Crippen LogP contribution in [0.5, 0.6) is 0 Å². The highest BCUT2D eigenvalue weighted by Crippen LogP contribution is 1.60. The van der Waals surface area contributed by atoms with Gasteiger partial charge in [0.2, 0.25) is 0 Å². The summed E-state index contributed by atoms with van der Waals surface area (Å²) < 4.78 is 0. The lowest BCUT2D eigenvalue weighted by atomic mass is 12.1. The Hall–Kier alpha value is -0.400. The number of hydrogen-bond acceptors (Lipinski definition) is 6.